The zero-order valence-corrected chi connectivity index (χ0v) is 26.4. The van der Waals surface area contributed by atoms with Crippen molar-refractivity contribution in [1.29, 1.82) is 0 Å². The van der Waals surface area contributed by atoms with Gasteiger partial charge in [0.1, 0.15) is 11.5 Å². The predicted molar refractivity (Wildman–Crippen MR) is 191 cm³/mol. The molecule has 2 heteroatoms. The molecule has 7 aromatic rings. The van der Waals surface area contributed by atoms with E-state index in [4.69, 9.17) is 0 Å². The number of phenolic OH excluding ortho intramolecular Hbond substituents is 2. The Morgan fingerprint density at radius 1 is 0.370 bits per heavy atom. The average molecular weight is 595 g/mol. The fourth-order valence-corrected chi connectivity index (χ4v) is 8.51. The topological polar surface area (TPSA) is 40.5 Å². The summed E-state index contributed by atoms with van der Waals surface area (Å²) in [6.45, 7) is 9.04. The van der Waals surface area contributed by atoms with E-state index in [0.29, 0.717) is 11.5 Å². The van der Waals surface area contributed by atoms with E-state index in [-0.39, 0.29) is 10.8 Å². The van der Waals surface area contributed by atoms with Crippen molar-refractivity contribution >= 4 is 21.5 Å². The van der Waals surface area contributed by atoms with Crippen LogP contribution in [0.3, 0.4) is 0 Å². The third-order valence-corrected chi connectivity index (χ3v) is 10.8. The number of hydrogen-bond donors (Lipinski definition) is 2. The van der Waals surface area contributed by atoms with Gasteiger partial charge in [-0.15, -0.1) is 0 Å². The second-order valence-electron chi connectivity index (χ2n) is 14.1. The van der Waals surface area contributed by atoms with Gasteiger partial charge in [0.15, 0.2) is 0 Å². The molecule has 0 aliphatic heterocycles. The zero-order chi connectivity index (χ0) is 31.5. The molecular formula is C44H34O2. The Kier molecular flexibility index (Phi) is 5.35. The molecule has 0 atom stereocenters. The van der Waals surface area contributed by atoms with Crippen molar-refractivity contribution in [1.82, 2.24) is 0 Å². The molecule has 0 radical (unpaired) electrons. The molecular weight excluding hydrogens is 560 g/mol. The van der Waals surface area contributed by atoms with Gasteiger partial charge < -0.3 is 10.2 Å². The molecule has 0 saturated carbocycles. The van der Waals surface area contributed by atoms with Crippen LogP contribution in [0.2, 0.25) is 0 Å². The number of aromatic hydroxyl groups is 2. The van der Waals surface area contributed by atoms with Crippen LogP contribution in [-0.4, -0.2) is 10.2 Å². The average Bonchev–Trinajstić information content (AvgIpc) is 3.41. The van der Waals surface area contributed by atoms with Crippen molar-refractivity contribution in [3.05, 3.63) is 144 Å². The van der Waals surface area contributed by atoms with E-state index < -0.39 is 0 Å². The van der Waals surface area contributed by atoms with Crippen LogP contribution in [0, 0.1) is 0 Å². The van der Waals surface area contributed by atoms with Gasteiger partial charge in [0, 0.05) is 10.8 Å². The third kappa shape index (κ3) is 3.53. The first-order chi connectivity index (χ1) is 22.1. The molecule has 0 amide bonds. The Balaban J connectivity index is 1.29. The second-order valence-corrected chi connectivity index (χ2v) is 14.1. The van der Waals surface area contributed by atoms with Crippen LogP contribution >= 0.6 is 0 Å². The van der Waals surface area contributed by atoms with Gasteiger partial charge in [-0.05, 0) is 125 Å². The third-order valence-electron chi connectivity index (χ3n) is 10.8. The maximum absolute atomic E-state index is 10.3. The molecule has 0 spiro atoms. The van der Waals surface area contributed by atoms with Gasteiger partial charge in [-0.3, -0.25) is 0 Å². The van der Waals surface area contributed by atoms with Crippen molar-refractivity contribution in [3.8, 4) is 56.0 Å². The SMILES string of the molecule is CC1(C)c2cc(O)ccc2-c2ccc(-c3c4ccccc4c(-c4ccc5c(c4)C(C)(C)c4cc(O)ccc4-5)c4ccccc34)cc21. The van der Waals surface area contributed by atoms with Gasteiger partial charge in [0.05, 0.1) is 0 Å². The van der Waals surface area contributed by atoms with Crippen LogP contribution in [0.15, 0.2) is 121 Å². The number of hydrogen-bond acceptors (Lipinski definition) is 2. The molecule has 222 valence electrons. The molecule has 2 nitrogen and oxygen atoms in total. The summed E-state index contributed by atoms with van der Waals surface area (Å²) in [6, 6.07) is 43.0. The van der Waals surface area contributed by atoms with E-state index in [0.717, 1.165) is 0 Å². The Morgan fingerprint density at radius 2 is 0.674 bits per heavy atom. The number of rotatable bonds is 2. The summed E-state index contributed by atoms with van der Waals surface area (Å²) in [6.07, 6.45) is 0. The molecule has 0 heterocycles. The van der Waals surface area contributed by atoms with Crippen molar-refractivity contribution in [2.45, 2.75) is 38.5 Å². The Labute approximate surface area is 269 Å². The Morgan fingerprint density at radius 3 is 1.02 bits per heavy atom. The van der Waals surface area contributed by atoms with Crippen LogP contribution in [-0.2, 0) is 10.8 Å². The van der Waals surface area contributed by atoms with Crippen LogP contribution in [0.25, 0.3) is 66.1 Å². The number of benzene rings is 7. The van der Waals surface area contributed by atoms with Crippen molar-refractivity contribution < 1.29 is 10.2 Å². The summed E-state index contributed by atoms with van der Waals surface area (Å²) in [5, 5.41) is 25.6. The van der Waals surface area contributed by atoms with Gasteiger partial charge in [-0.2, -0.15) is 0 Å². The van der Waals surface area contributed by atoms with Gasteiger partial charge in [-0.1, -0.05) is 113 Å². The molecule has 46 heavy (non-hydrogen) atoms. The summed E-state index contributed by atoms with van der Waals surface area (Å²) in [7, 11) is 0. The highest BCUT2D eigenvalue weighted by Crippen LogP contribution is 2.54. The summed E-state index contributed by atoms with van der Waals surface area (Å²) >= 11 is 0. The van der Waals surface area contributed by atoms with E-state index >= 15 is 0 Å². The summed E-state index contributed by atoms with van der Waals surface area (Å²) < 4.78 is 0. The summed E-state index contributed by atoms with van der Waals surface area (Å²) in [4.78, 5) is 0. The minimum absolute atomic E-state index is 0.226. The van der Waals surface area contributed by atoms with Crippen LogP contribution in [0.4, 0.5) is 0 Å². The maximum Gasteiger partial charge on any atom is 0.115 e. The van der Waals surface area contributed by atoms with E-state index in [9.17, 15) is 10.2 Å². The van der Waals surface area contributed by atoms with Crippen molar-refractivity contribution in [2.24, 2.45) is 0 Å². The summed E-state index contributed by atoms with van der Waals surface area (Å²) in [5.41, 5.74) is 14.2. The summed E-state index contributed by atoms with van der Waals surface area (Å²) in [5.74, 6) is 0.619. The molecule has 0 bridgehead atoms. The minimum Gasteiger partial charge on any atom is -0.508 e. The molecule has 9 rings (SSSR count). The lowest BCUT2D eigenvalue weighted by atomic mass is 9.79. The van der Waals surface area contributed by atoms with Gasteiger partial charge >= 0.3 is 0 Å². The van der Waals surface area contributed by atoms with Gasteiger partial charge in [0.2, 0.25) is 0 Å². The quantitative estimate of drug-likeness (QED) is 0.196. The fraction of sp³-hybridized carbons (Fsp3) is 0.136. The number of phenols is 2. The number of fused-ring (bicyclic) bond motifs is 8. The highest BCUT2D eigenvalue weighted by Gasteiger charge is 2.37. The molecule has 0 aromatic heterocycles. The van der Waals surface area contributed by atoms with Crippen LogP contribution in [0.1, 0.15) is 49.9 Å². The lowest BCUT2D eigenvalue weighted by Crippen LogP contribution is -2.15. The van der Waals surface area contributed by atoms with Crippen LogP contribution in [0.5, 0.6) is 11.5 Å². The molecule has 7 aromatic carbocycles. The van der Waals surface area contributed by atoms with E-state index in [1.807, 2.05) is 12.1 Å². The first kappa shape index (κ1) is 27.0. The van der Waals surface area contributed by atoms with E-state index in [1.54, 1.807) is 12.1 Å². The van der Waals surface area contributed by atoms with Gasteiger partial charge in [-0.25, -0.2) is 0 Å². The highest BCUT2D eigenvalue weighted by molar-refractivity contribution is 6.21. The van der Waals surface area contributed by atoms with E-state index in [1.165, 1.54) is 88.3 Å². The first-order valence-corrected chi connectivity index (χ1v) is 16.1. The normalized spacial score (nSPS) is 15.0. The smallest absolute Gasteiger partial charge is 0.115 e. The second kappa shape index (κ2) is 9.11. The van der Waals surface area contributed by atoms with Crippen molar-refractivity contribution in [3.63, 3.8) is 0 Å². The molecule has 0 fully saturated rings. The Bertz CT molecular complexity index is 2210. The van der Waals surface area contributed by atoms with Crippen molar-refractivity contribution in [2.75, 3.05) is 0 Å². The predicted octanol–water partition coefficient (Wildman–Crippen LogP) is 11.4. The Hall–Kier alpha value is -5.34. The standard InChI is InChI=1S/C44H34O2/c1-43(2)37-21-25(13-17-29(37)31-19-15-27(45)23-39(31)43)41-33-9-5-7-11-35(33)42(36-12-8-6-10-34(36)41)26-14-18-30-32-20-16-28(46)24-40(32)44(3,4)38(30)22-26/h5-24,45-46H,1-4H3. The molecule has 2 N–H and O–H groups in total. The van der Waals surface area contributed by atoms with E-state index in [2.05, 4.69) is 125 Å². The first-order valence-electron chi connectivity index (χ1n) is 16.1. The lowest BCUT2D eigenvalue weighted by Gasteiger charge is -2.24. The van der Waals surface area contributed by atoms with Gasteiger partial charge in [0.25, 0.3) is 0 Å². The molecule has 2 aliphatic carbocycles. The monoisotopic (exact) mass is 594 g/mol. The molecule has 2 aliphatic rings. The molecule has 0 saturated heterocycles. The largest absolute Gasteiger partial charge is 0.508 e. The lowest BCUT2D eigenvalue weighted by molar-refractivity contribution is 0.472. The highest BCUT2D eigenvalue weighted by atomic mass is 16.3. The van der Waals surface area contributed by atoms with Crippen LogP contribution < -0.4 is 0 Å². The maximum atomic E-state index is 10.3. The minimum atomic E-state index is -0.226. The molecule has 0 unspecified atom stereocenters. The fourth-order valence-electron chi connectivity index (χ4n) is 8.51. The zero-order valence-electron chi connectivity index (χ0n) is 26.4.